The summed E-state index contributed by atoms with van der Waals surface area (Å²) in [5, 5.41) is 9.21. The first-order chi connectivity index (χ1) is 8.59. The predicted octanol–water partition coefficient (Wildman–Crippen LogP) is 2.56. The average Bonchev–Trinajstić information content (AvgIpc) is 3.14. The first-order valence-corrected chi connectivity index (χ1v) is 6.25. The van der Waals surface area contributed by atoms with E-state index in [0.717, 1.165) is 12.8 Å². The highest BCUT2D eigenvalue weighted by molar-refractivity contribution is 6.33. The van der Waals surface area contributed by atoms with Crippen LogP contribution in [-0.2, 0) is 9.59 Å². The van der Waals surface area contributed by atoms with E-state index in [0.29, 0.717) is 10.7 Å². The number of benzene rings is 1. The molecule has 0 saturated heterocycles. The number of hydrogen-bond acceptors (Lipinski definition) is 2. The molecule has 0 spiro atoms. The molecule has 0 bridgehead atoms. The van der Waals surface area contributed by atoms with Gasteiger partial charge in [0.25, 0.3) is 0 Å². The van der Waals surface area contributed by atoms with E-state index in [9.17, 15) is 9.59 Å². The minimum atomic E-state index is -0.921. The molecular weight excluding hydrogens is 254 g/mol. The summed E-state index contributed by atoms with van der Waals surface area (Å²) in [4.78, 5) is 24.3. The fourth-order valence-corrected chi connectivity index (χ4v) is 2.02. The van der Waals surface area contributed by atoms with Crippen LogP contribution in [0.1, 0.15) is 19.3 Å². The highest BCUT2D eigenvalue weighted by atomic mass is 35.5. The lowest BCUT2D eigenvalue weighted by atomic mass is 10.2. The molecule has 1 saturated carbocycles. The summed E-state index contributed by atoms with van der Waals surface area (Å²) in [6.45, 7) is 0.161. The smallest absolute Gasteiger partial charge is 0.305 e. The first kappa shape index (κ1) is 12.9. The van der Waals surface area contributed by atoms with Gasteiger partial charge in [-0.3, -0.25) is 9.59 Å². The fourth-order valence-electron chi connectivity index (χ4n) is 1.78. The van der Waals surface area contributed by atoms with Crippen molar-refractivity contribution in [1.29, 1.82) is 0 Å². The zero-order chi connectivity index (χ0) is 13.1. The number of aliphatic carboxylic acids is 1. The first-order valence-electron chi connectivity index (χ1n) is 5.87. The fraction of sp³-hybridized carbons (Fsp3) is 0.385. The molecule has 96 valence electrons. The number of anilines is 1. The van der Waals surface area contributed by atoms with Crippen LogP contribution < -0.4 is 4.90 Å². The highest BCUT2D eigenvalue weighted by Gasteiger charge is 2.34. The summed E-state index contributed by atoms with van der Waals surface area (Å²) in [7, 11) is 0. The molecule has 1 amide bonds. The summed E-state index contributed by atoms with van der Waals surface area (Å²) in [6.07, 6.45) is 1.68. The molecule has 0 atom stereocenters. The standard InChI is InChI=1S/C13H14ClNO3/c14-10-3-1-2-4-11(10)15(8-7-12(16)17)13(18)9-5-6-9/h1-4,9H,5-8H2,(H,16,17). The van der Waals surface area contributed by atoms with Crippen molar-refractivity contribution in [2.45, 2.75) is 19.3 Å². The number of carbonyl (C=O) groups excluding carboxylic acids is 1. The Hall–Kier alpha value is -1.55. The monoisotopic (exact) mass is 267 g/mol. The van der Waals surface area contributed by atoms with E-state index in [1.165, 1.54) is 4.90 Å². The molecule has 1 aliphatic carbocycles. The molecule has 1 aromatic carbocycles. The highest BCUT2D eigenvalue weighted by Crippen LogP contribution is 2.34. The minimum absolute atomic E-state index is 0.0237. The lowest BCUT2D eigenvalue weighted by Crippen LogP contribution is -2.34. The Kier molecular flexibility index (Phi) is 3.87. The zero-order valence-electron chi connectivity index (χ0n) is 9.80. The molecule has 0 radical (unpaired) electrons. The summed E-state index contributed by atoms with van der Waals surface area (Å²) >= 11 is 6.06. The maximum Gasteiger partial charge on any atom is 0.305 e. The molecule has 0 unspecified atom stereocenters. The lowest BCUT2D eigenvalue weighted by Gasteiger charge is -2.23. The van der Waals surface area contributed by atoms with Crippen molar-refractivity contribution in [2.24, 2.45) is 5.92 Å². The molecule has 1 fully saturated rings. The molecule has 1 aromatic rings. The maximum atomic E-state index is 12.1. The Morgan fingerprint density at radius 2 is 2.00 bits per heavy atom. The van der Waals surface area contributed by atoms with Gasteiger partial charge >= 0.3 is 5.97 Å². The van der Waals surface area contributed by atoms with Gasteiger partial charge < -0.3 is 10.0 Å². The van der Waals surface area contributed by atoms with E-state index in [2.05, 4.69) is 0 Å². The van der Waals surface area contributed by atoms with Gasteiger partial charge in [-0.15, -0.1) is 0 Å². The summed E-state index contributed by atoms with van der Waals surface area (Å²) in [6, 6.07) is 7.01. The Bertz CT molecular complexity index is 471. The van der Waals surface area contributed by atoms with E-state index in [-0.39, 0.29) is 24.8 Å². The Labute approximate surface area is 110 Å². The van der Waals surface area contributed by atoms with Gasteiger partial charge in [0.2, 0.25) is 5.91 Å². The number of para-hydroxylation sites is 1. The third kappa shape index (κ3) is 3.01. The lowest BCUT2D eigenvalue weighted by molar-refractivity contribution is -0.136. The van der Waals surface area contributed by atoms with Gasteiger partial charge in [0.1, 0.15) is 0 Å². The normalized spacial score (nSPS) is 14.3. The van der Waals surface area contributed by atoms with Crippen LogP contribution in [0.5, 0.6) is 0 Å². The molecule has 18 heavy (non-hydrogen) atoms. The molecule has 5 heteroatoms. The number of halogens is 1. The van der Waals surface area contributed by atoms with Crippen molar-refractivity contribution in [1.82, 2.24) is 0 Å². The summed E-state index contributed by atoms with van der Waals surface area (Å²) in [5.41, 5.74) is 0.595. The van der Waals surface area contributed by atoms with Crippen molar-refractivity contribution in [2.75, 3.05) is 11.4 Å². The van der Waals surface area contributed by atoms with Crippen molar-refractivity contribution < 1.29 is 14.7 Å². The summed E-state index contributed by atoms with van der Waals surface area (Å²) in [5.74, 6) is -0.907. The molecule has 4 nitrogen and oxygen atoms in total. The largest absolute Gasteiger partial charge is 0.481 e. The van der Waals surface area contributed by atoms with Gasteiger partial charge in [0.15, 0.2) is 0 Å². The number of carboxylic acids is 1. The quantitative estimate of drug-likeness (QED) is 0.892. The molecule has 2 rings (SSSR count). The molecule has 1 N–H and O–H groups in total. The average molecular weight is 268 g/mol. The van der Waals surface area contributed by atoms with Crippen molar-refractivity contribution >= 4 is 29.2 Å². The van der Waals surface area contributed by atoms with Gasteiger partial charge in [-0.25, -0.2) is 0 Å². The van der Waals surface area contributed by atoms with Crippen LogP contribution in [0.2, 0.25) is 5.02 Å². The molecular formula is C13H14ClNO3. The molecule has 1 aliphatic rings. The van der Waals surface area contributed by atoms with Crippen LogP contribution in [0.4, 0.5) is 5.69 Å². The third-order valence-electron chi connectivity index (χ3n) is 2.89. The SMILES string of the molecule is O=C(O)CCN(C(=O)C1CC1)c1ccccc1Cl. The van der Waals surface area contributed by atoms with Gasteiger partial charge in [-0.05, 0) is 25.0 Å². The Morgan fingerprint density at radius 1 is 1.33 bits per heavy atom. The second-order valence-electron chi connectivity index (χ2n) is 4.36. The van der Waals surface area contributed by atoms with Crippen LogP contribution in [0, 0.1) is 5.92 Å². The summed E-state index contributed by atoms with van der Waals surface area (Å²) < 4.78 is 0. The Morgan fingerprint density at radius 3 is 2.56 bits per heavy atom. The van der Waals surface area contributed by atoms with E-state index in [4.69, 9.17) is 16.7 Å². The number of amides is 1. The van der Waals surface area contributed by atoms with Crippen molar-refractivity contribution in [3.8, 4) is 0 Å². The van der Waals surface area contributed by atoms with Crippen molar-refractivity contribution in [3.63, 3.8) is 0 Å². The van der Waals surface area contributed by atoms with E-state index >= 15 is 0 Å². The number of carboxylic acid groups (broad SMARTS) is 1. The molecule has 0 aliphatic heterocycles. The van der Waals surface area contributed by atoms with Crippen LogP contribution in [-0.4, -0.2) is 23.5 Å². The van der Waals surface area contributed by atoms with Crippen LogP contribution in [0.15, 0.2) is 24.3 Å². The van der Waals surface area contributed by atoms with Gasteiger partial charge in [-0.2, -0.15) is 0 Å². The number of hydrogen-bond donors (Lipinski definition) is 1. The number of nitrogens with zero attached hydrogens (tertiary/aromatic N) is 1. The van der Waals surface area contributed by atoms with E-state index < -0.39 is 5.97 Å². The predicted molar refractivity (Wildman–Crippen MR) is 68.8 cm³/mol. The zero-order valence-corrected chi connectivity index (χ0v) is 10.6. The van der Waals surface area contributed by atoms with E-state index in [1.54, 1.807) is 24.3 Å². The topological polar surface area (TPSA) is 57.6 Å². The third-order valence-corrected chi connectivity index (χ3v) is 3.20. The number of carbonyl (C=O) groups is 2. The van der Waals surface area contributed by atoms with Crippen LogP contribution in [0.3, 0.4) is 0 Å². The molecule has 0 heterocycles. The van der Waals surface area contributed by atoms with Crippen LogP contribution >= 0.6 is 11.6 Å². The second-order valence-corrected chi connectivity index (χ2v) is 4.77. The molecule has 0 aromatic heterocycles. The van der Waals surface area contributed by atoms with E-state index in [1.807, 2.05) is 0 Å². The van der Waals surface area contributed by atoms with Gasteiger partial charge in [0, 0.05) is 12.5 Å². The van der Waals surface area contributed by atoms with Crippen molar-refractivity contribution in [3.05, 3.63) is 29.3 Å². The van der Waals surface area contributed by atoms with Gasteiger partial charge in [-0.1, -0.05) is 23.7 Å². The van der Waals surface area contributed by atoms with Crippen LogP contribution in [0.25, 0.3) is 0 Å². The Balaban J connectivity index is 2.20. The minimum Gasteiger partial charge on any atom is -0.481 e. The van der Waals surface area contributed by atoms with Gasteiger partial charge in [0.05, 0.1) is 17.1 Å². The second kappa shape index (κ2) is 5.40. The number of rotatable bonds is 5. The maximum absolute atomic E-state index is 12.1.